The van der Waals surface area contributed by atoms with E-state index in [2.05, 4.69) is 4.99 Å². The summed E-state index contributed by atoms with van der Waals surface area (Å²) in [4.78, 5) is 16.5. The van der Waals surface area contributed by atoms with Crippen molar-refractivity contribution in [3.05, 3.63) is 29.6 Å². The summed E-state index contributed by atoms with van der Waals surface area (Å²) in [5, 5.41) is 0. The third-order valence-electron chi connectivity index (χ3n) is 4.40. The van der Waals surface area contributed by atoms with Crippen LogP contribution in [-0.4, -0.2) is 51.1 Å². The van der Waals surface area contributed by atoms with Crippen LogP contribution in [0.4, 0.5) is 18.9 Å². The van der Waals surface area contributed by atoms with Gasteiger partial charge < -0.3 is 20.1 Å². The molecule has 1 heterocycles. The fourth-order valence-electron chi connectivity index (χ4n) is 2.71. The number of aliphatic imine (C=N–C) groups is 1. The molecule has 1 aromatic rings. The number of benzene rings is 1. The van der Waals surface area contributed by atoms with E-state index in [4.69, 9.17) is 15.2 Å². The Balaban J connectivity index is 2.54. The zero-order chi connectivity index (χ0) is 19.5. The molecular formula is C17H22F3N3O3. The molecule has 2 rings (SSSR count). The van der Waals surface area contributed by atoms with E-state index in [1.54, 1.807) is 6.92 Å². The Hall–Kier alpha value is -2.13. The average molecular weight is 373 g/mol. The standard InChI is InChI=1S/C17H22F3N3O3/c1-11(25-3)7-23(10-24)12-4-5-14(18)13(6-12)16(2)17(19,20)9-26-8-15(21)22-16/h4-6,10-11H,7-9H2,1-3H3,(H2,21,22)/t11?,16-/m1/s1. The number of alkyl halides is 2. The number of halogens is 3. The van der Waals surface area contributed by atoms with Crippen LogP contribution in [0.5, 0.6) is 0 Å². The normalized spacial score (nSPS) is 23.7. The van der Waals surface area contributed by atoms with E-state index < -0.39 is 23.9 Å². The first-order chi connectivity index (χ1) is 12.1. The minimum atomic E-state index is -3.50. The van der Waals surface area contributed by atoms with Crippen LogP contribution in [0.3, 0.4) is 0 Å². The number of rotatable bonds is 6. The van der Waals surface area contributed by atoms with Gasteiger partial charge in [-0.25, -0.2) is 13.2 Å². The van der Waals surface area contributed by atoms with E-state index in [0.717, 1.165) is 13.0 Å². The number of methoxy groups -OCH3 is 1. The minimum absolute atomic E-state index is 0.158. The smallest absolute Gasteiger partial charge is 0.299 e. The summed E-state index contributed by atoms with van der Waals surface area (Å²) in [6, 6.07) is 3.54. The monoisotopic (exact) mass is 373 g/mol. The molecule has 6 nitrogen and oxygen atoms in total. The molecule has 1 amide bonds. The molecule has 0 saturated heterocycles. The summed E-state index contributed by atoms with van der Waals surface area (Å²) in [6.45, 7) is 1.80. The highest BCUT2D eigenvalue weighted by molar-refractivity contribution is 5.82. The molecule has 2 atom stereocenters. The number of amidine groups is 1. The molecule has 0 aliphatic carbocycles. The second kappa shape index (κ2) is 7.63. The summed E-state index contributed by atoms with van der Waals surface area (Å²) >= 11 is 0. The number of nitrogens with zero attached hydrogens (tertiary/aromatic N) is 2. The van der Waals surface area contributed by atoms with Gasteiger partial charge in [-0.1, -0.05) is 0 Å². The molecule has 1 aliphatic rings. The highest BCUT2D eigenvalue weighted by Crippen LogP contribution is 2.44. The average Bonchev–Trinajstić information content (AvgIpc) is 2.69. The Bertz CT molecular complexity index is 699. The molecule has 0 radical (unpaired) electrons. The van der Waals surface area contributed by atoms with Gasteiger partial charge in [0.05, 0.1) is 12.6 Å². The Morgan fingerprint density at radius 1 is 1.50 bits per heavy atom. The summed E-state index contributed by atoms with van der Waals surface area (Å²) < 4.78 is 53.8. The number of amides is 1. The number of anilines is 1. The van der Waals surface area contributed by atoms with Gasteiger partial charge in [-0.2, -0.15) is 0 Å². The molecule has 1 aliphatic heterocycles. The van der Waals surface area contributed by atoms with Crippen molar-refractivity contribution in [3.8, 4) is 0 Å². The Morgan fingerprint density at radius 3 is 2.81 bits per heavy atom. The predicted octanol–water partition coefficient (Wildman–Crippen LogP) is 2.06. The van der Waals surface area contributed by atoms with Crippen molar-refractivity contribution in [3.63, 3.8) is 0 Å². The number of hydrogen-bond acceptors (Lipinski definition) is 5. The van der Waals surface area contributed by atoms with Crippen LogP contribution in [-0.2, 0) is 19.8 Å². The van der Waals surface area contributed by atoms with Gasteiger partial charge in [-0.05, 0) is 32.0 Å². The Morgan fingerprint density at radius 2 is 2.19 bits per heavy atom. The maximum Gasteiger partial charge on any atom is 0.299 e. The van der Waals surface area contributed by atoms with Crippen molar-refractivity contribution in [2.75, 3.05) is 31.8 Å². The highest BCUT2D eigenvalue weighted by atomic mass is 19.3. The van der Waals surface area contributed by atoms with Gasteiger partial charge in [0.2, 0.25) is 6.41 Å². The summed E-state index contributed by atoms with van der Waals surface area (Å²) in [7, 11) is 1.48. The quantitative estimate of drug-likeness (QED) is 0.775. The number of carbonyl (C=O) groups is 1. The first kappa shape index (κ1) is 20.2. The largest absolute Gasteiger partial charge is 0.385 e. The number of hydrogen-bond donors (Lipinski definition) is 1. The lowest BCUT2D eigenvalue weighted by atomic mass is 9.85. The predicted molar refractivity (Wildman–Crippen MR) is 91.0 cm³/mol. The molecule has 0 bridgehead atoms. The van der Waals surface area contributed by atoms with E-state index in [9.17, 15) is 18.0 Å². The molecule has 0 fully saturated rings. The lowest BCUT2D eigenvalue weighted by Crippen LogP contribution is -2.45. The van der Waals surface area contributed by atoms with Crippen molar-refractivity contribution in [1.82, 2.24) is 0 Å². The van der Waals surface area contributed by atoms with E-state index in [0.29, 0.717) is 6.41 Å². The molecule has 0 aromatic heterocycles. The van der Waals surface area contributed by atoms with Crippen molar-refractivity contribution >= 4 is 17.9 Å². The van der Waals surface area contributed by atoms with Gasteiger partial charge in [-0.15, -0.1) is 0 Å². The van der Waals surface area contributed by atoms with Crippen molar-refractivity contribution in [1.29, 1.82) is 0 Å². The minimum Gasteiger partial charge on any atom is -0.385 e. The third-order valence-corrected chi connectivity index (χ3v) is 4.40. The number of carbonyl (C=O) groups excluding carboxylic acids is 1. The Kier molecular flexibility index (Phi) is 5.92. The van der Waals surface area contributed by atoms with Gasteiger partial charge in [0.1, 0.15) is 24.9 Å². The fourth-order valence-corrected chi connectivity index (χ4v) is 2.71. The molecule has 144 valence electrons. The first-order valence-corrected chi connectivity index (χ1v) is 7.99. The van der Waals surface area contributed by atoms with E-state index in [1.165, 1.54) is 24.1 Å². The van der Waals surface area contributed by atoms with E-state index in [1.807, 2.05) is 0 Å². The molecular weight excluding hydrogens is 351 g/mol. The van der Waals surface area contributed by atoms with E-state index >= 15 is 0 Å². The molecule has 26 heavy (non-hydrogen) atoms. The maximum absolute atomic E-state index is 14.7. The lowest BCUT2D eigenvalue weighted by molar-refractivity contribution is -0.116. The molecule has 9 heteroatoms. The second-order valence-corrected chi connectivity index (χ2v) is 6.34. The topological polar surface area (TPSA) is 77.2 Å². The third kappa shape index (κ3) is 3.83. The van der Waals surface area contributed by atoms with Crippen LogP contribution in [0.2, 0.25) is 0 Å². The maximum atomic E-state index is 14.7. The van der Waals surface area contributed by atoms with E-state index in [-0.39, 0.29) is 36.3 Å². The van der Waals surface area contributed by atoms with Crippen LogP contribution in [0, 0.1) is 5.82 Å². The molecule has 0 spiro atoms. The van der Waals surface area contributed by atoms with Crippen molar-refractivity contribution in [2.24, 2.45) is 10.7 Å². The first-order valence-electron chi connectivity index (χ1n) is 7.99. The molecule has 1 aromatic carbocycles. The van der Waals surface area contributed by atoms with Gasteiger partial charge in [0, 0.05) is 18.4 Å². The fraction of sp³-hybridized carbons (Fsp3) is 0.529. The zero-order valence-electron chi connectivity index (χ0n) is 14.8. The number of nitrogens with two attached hydrogens (primary N) is 1. The summed E-state index contributed by atoms with van der Waals surface area (Å²) in [5.74, 6) is -4.53. The highest BCUT2D eigenvalue weighted by Gasteiger charge is 2.54. The van der Waals surface area contributed by atoms with Crippen LogP contribution in [0.1, 0.15) is 19.4 Å². The van der Waals surface area contributed by atoms with Gasteiger partial charge >= 0.3 is 0 Å². The van der Waals surface area contributed by atoms with Gasteiger partial charge in [-0.3, -0.25) is 9.79 Å². The SMILES string of the molecule is COC(C)CN(C=O)c1ccc(F)c([C@@]2(C)N=C(N)COCC2(F)F)c1. The molecule has 1 unspecified atom stereocenters. The lowest BCUT2D eigenvalue weighted by Gasteiger charge is -2.33. The van der Waals surface area contributed by atoms with Crippen LogP contribution in [0.25, 0.3) is 0 Å². The number of ether oxygens (including phenoxy) is 2. The van der Waals surface area contributed by atoms with Crippen LogP contribution in [0.15, 0.2) is 23.2 Å². The second-order valence-electron chi connectivity index (χ2n) is 6.34. The van der Waals surface area contributed by atoms with Gasteiger partial charge in [0.15, 0.2) is 5.54 Å². The summed E-state index contributed by atoms with van der Waals surface area (Å²) in [6.07, 6.45) is 0.228. The van der Waals surface area contributed by atoms with Gasteiger partial charge in [0.25, 0.3) is 5.92 Å². The molecule has 0 saturated carbocycles. The summed E-state index contributed by atoms with van der Waals surface area (Å²) in [5.41, 5.74) is 3.22. The van der Waals surface area contributed by atoms with Crippen LogP contribution >= 0.6 is 0 Å². The van der Waals surface area contributed by atoms with Crippen molar-refractivity contribution in [2.45, 2.75) is 31.4 Å². The molecule has 2 N–H and O–H groups in total. The van der Waals surface area contributed by atoms with Crippen molar-refractivity contribution < 1.29 is 27.4 Å². The Labute approximate surface area is 149 Å². The van der Waals surface area contributed by atoms with Crippen LogP contribution < -0.4 is 10.6 Å². The zero-order valence-corrected chi connectivity index (χ0v) is 14.8.